The second-order valence-corrected chi connectivity index (χ2v) is 6.09. The van der Waals surface area contributed by atoms with Crippen molar-refractivity contribution in [3.05, 3.63) is 40.8 Å². The van der Waals surface area contributed by atoms with Crippen molar-refractivity contribution in [3.63, 3.8) is 0 Å². The lowest BCUT2D eigenvalue weighted by molar-refractivity contribution is 0.131. The van der Waals surface area contributed by atoms with Crippen LogP contribution in [0.3, 0.4) is 0 Å². The van der Waals surface area contributed by atoms with Crippen LogP contribution in [0.1, 0.15) is 12.8 Å². The Labute approximate surface area is 133 Å². The fourth-order valence-electron chi connectivity index (χ4n) is 3.40. The number of hydrogen-bond donors (Lipinski definition) is 0. The number of carbonyl (C=O) groups is 1. The monoisotopic (exact) mass is 314 g/mol. The van der Waals surface area contributed by atoms with E-state index < -0.39 is 5.63 Å². The third-order valence-electron chi connectivity index (χ3n) is 4.69. The molecule has 23 heavy (non-hydrogen) atoms. The molecule has 4 heterocycles. The highest BCUT2D eigenvalue weighted by molar-refractivity contribution is 5.79. The van der Waals surface area contributed by atoms with E-state index in [4.69, 9.17) is 9.15 Å². The standard InChI is InChI=1S/C17H18N2O4/c20-16-4-1-12-11-14(2-3-15(12)23-16)22-17(21)19-10-9-18-7-5-13(19)6-8-18/h1-4,11,13H,5-10H2. The van der Waals surface area contributed by atoms with E-state index in [0.29, 0.717) is 17.9 Å². The summed E-state index contributed by atoms with van der Waals surface area (Å²) in [4.78, 5) is 27.9. The van der Waals surface area contributed by atoms with Crippen LogP contribution in [-0.4, -0.2) is 48.1 Å². The van der Waals surface area contributed by atoms with Crippen molar-refractivity contribution in [2.24, 2.45) is 0 Å². The number of amides is 1. The van der Waals surface area contributed by atoms with Crippen LogP contribution in [0.2, 0.25) is 0 Å². The quantitative estimate of drug-likeness (QED) is 0.754. The first-order valence-corrected chi connectivity index (χ1v) is 7.94. The predicted octanol–water partition coefficient (Wildman–Crippen LogP) is 2.07. The molecular formula is C17H18N2O4. The zero-order valence-electron chi connectivity index (χ0n) is 12.7. The first-order chi connectivity index (χ1) is 11.2. The summed E-state index contributed by atoms with van der Waals surface area (Å²) in [7, 11) is 0. The van der Waals surface area contributed by atoms with Crippen LogP contribution in [-0.2, 0) is 0 Å². The van der Waals surface area contributed by atoms with Crippen LogP contribution < -0.4 is 10.4 Å². The highest BCUT2D eigenvalue weighted by Crippen LogP contribution is 2.24. The van der Waals surface area contributed by atoms with Gasteiger partial charge in [-0.1, -0.05) is 0 Å². The lowest BCUT2D eigenvalue weighted by Gasteiger charge is -2.30. The molecule has 6 nitrogen and oxygen atoms in total. The summed E-state index contributed by atoms with van der Waals surface area (Å²) in [6.07, 6.45) is 1.73. The molecule has 0 unspecified atom stereocenters. The molecule has 0 atom stereocenters. The van der Waals surface area contributed by atoms with Gasteiger partial charge in [0.25, 0.3) is 0 Å². The van der Waals surface area contributed by atoms with Crippen LogP contribution in [0.5, 0.6) is 5.75 Å². The fraction of sp³-hybridized carbons (Fsp3) is 0.412. The Kier molecular flexibility index (Phi) is 3.53. The zero-order chi connectivity index (χ0) is 15.8. The summed E-state index contributed by atoms with van der Waals surface area (Å²) in [5.41, 5.74) is 0.0936. The smallest absolute Gasteiger partial charge is 0.415 e. The van der Waals surface area contributed by atoms with Gasteiger partial charge in [-0.05, 0) is 37.1 Å². The third-order valence-corrected chi connectivity index (χ3v) is 4.69. The minimum absolute atomic E-state index is 0.278. The summed E-state index contributed by atoms with van der Waals surface area (Å²) in [5.74, 6) is 0.468. The lowest BCUT2D eigenvalue weighted by atomic mass is 10.1. The average Bonchev–Trinajstić information content (AvgIpc) is 2.89. The van der Waals surface area contributed by atoms with E-state index in [0.717, 1.165) is 37.9 Å². The molecule has 3 fully saturated rings. The second kappa shape index (κ2) is 5.70. The molecule has 0 saturated carbocycles. The predicted molar refractivity (Wildman–Crippen MR) is 84.7 cm³/mol. The van der Waals surface area contributed by atoms with Gasteiger partial charge in [0.15, 0.2) is 0 Å². The van der Waals surface area contributed by atoms with Gasteiger partial charge >= 0.3 is 11.7 Å². The van der Waals surface area contributed by atoms with E-state index in [1.165, 1.54) is 6.07 Å². The van der Waals surface area contributed by atoms with Gasteiger partial charge in [-0.2, -0.15) is 0 Å². The van der Waals surface area contributed by atoms with Crippen molar-refractivity contribution in [1.82, 2.24) is 9.80 Å². The molecule has 1 amide bonds. The molecule has 1 aromatic heterocycles. The van der Waals surface area contributed by atoms with E-state index in [1.54, 1.807) is 24.3 Å². The van der Waals surface area contributed by atoms with Crippen LogP contribution in [0.4, 0.5) is 4.79 Å². The van der Waals surface area contributed by atoms with Crippen molar-refractivity contribution in [2.45, 2.75) is 18.9 Å². The minimum Gasteiger partial charge on any atom is -0.423 e. The van der Waals surface area contributed by atoms with Gasteiger partial charge in [0.2, 0.25) is 0 Å². The maximum atomic E-state index is 12.5. The molecule has 3 saturated heterocycles. The molecule has 120 valence electrons. The number of nitrogens with zero attached hydrogens (tertiary/aromatic N) is 2. The molecule has 3 aliphatic rings. The van der Waals surface area contributed by atoms with Gasteiger partial charge in [-0.15, -0.1) is 0 Å². The Hall–Kier alpha value is -2.34. The number of hydrogen-bond acceptors (Lipinski definition) is 5. The van der Waals surface area contributed by atoms with E-state index in [9.17, 15) is 9.59 Å². The molecule has 2 bridgehead atoms. The van der Waals surface area contributed by atoms with Crippen LogP contribution in [0.15, 0.2) is 39.5 Å². The van der Waals surface area contributed by atoms with Gasteiger partial charge < -0.3 is 19.0 Å². The lowest BCUT2D eigenvalue weighted by Crippen LogP contribution is -2.43. The van der Waals surface area contributed by atoms with Crippen molar-refractivity contribution in [3.8, 4) is 5.75 Å². The van der Waals surface area contributed by atoms with Gasteiger partial charge in [0.05, 0.1) is 0 Å². The SMILES string of the molecule is O=C(Oc1ccc2oc(=O)ccc2c1)N1CCN2CCC1CC2. The number of fused-ring (bicyclic) bond motifs is 5. The summed E-state index contributed by atoms with van der Waals surface area (Å²) in [5, 5.41) is 0.734. The maximum Gasteiger partial charge on any atom is 0.415 e. The number of ether oxygens (including phenoxy) is 1. The average molecular weight is 314 g/mol. The zero-order valence-corrected chi connectivity index (χ0v) is 12.7. The molecule has 0 radical (unpaired) electrons. The molecule has 2 aromatic rings. The molecule has 0 aliphatic carbocycles. The number of carbonyl (C=O) groups excluding carboxylic acids is 1. The maximum absolute atomic E-state index is 12.5. The Morgan fingerprint density at radius 2 is 1.91 bits per heavy atom. The summed E-state index contributed by atoms with van der Waals surface area (Å²) in [6, 6.07) is 8.32. The molecule has 5 rings (SSSR count). The van der Waals surface area contributed by atoms with E-state index in [-0.39, 0.29) is 12.1 Å². The summed E-state index contributed by atoms with van der Waals surface area (Å²) in [6.45, 7) is 3.74. The second-order valence-electron chi connectivity index (χ2n) is 6.09. The molecule has 0 spiro atoms. The van der Waals surface area contributed by atoms with Crippen molar-refractivity contribution >= 4 is 17.1 Å². The molecule has 6 heteroatoms. The molecular weight excluding hydrogens is 296 g/mol. The number of piperidine rings is 1. The van der Waals surface area contributed by atoms with Gasteiger partial charge in [-0.3, -0.25) is 0 Å². The third kappa shape index (κ3) is 2.82. The first-order valence-electron chi connectivity index (χ1n) is 7.94. The van der Waals surface area contributed by atoms with Gasteiger partial charge in [0.1, 0.15) is 11.3 Å². The Balaban J connectivity index is 1.54. The topological polar surface area (TPSA) is 63.0 Å². The first kappa shape index (κ1) is 14.3. The van der Waals surface area contributed by atoms with Crippen LogP contribution in [0, 0.1) is 0 Å². The van der Waals surface area contributed by atoms with Crippen molar-refractivity contribution in [1.29, 1.82) is 0 Å². The van der Waals surface area contributed by atoms with E-state index in [1.807, 2.05) is 4.90 Å². The molecule has 1 aromatic carbocycles. The van der Waals surface area contributed by atoms with Crippen molar-refractivity contribution < 1.29 is 13.9 Å². The summed E-state index contributed by atoms with van der Waals surface area (Å²) < 4.78 is 10.6. The number of benzene rings is 1. The molecule has 0 N–H and O–H groups in total. The highest BCUT2D eigenvalue weighted by atomic mass is 16.6. The molecule has 3 aliphatic heterocycles. The van der Waals surface area contributed by atoms with Gasteiger partial charge in [-0.25, -0.2) is 9.59 Å². The minimum atomic E-state index is -0.391. The highest BCUT2D eigenvalue weighted by Gasteiger charge is 2.32. The normalized spacial score (nSPS) is 23.7. The van der Waals surface area contributed by atoms with Gasteiger partial charge in [0, 0.05) is 43.7 Å². The van der Waals surface area contributed by atoms with Crippen LogP contribution in [0.25, 0.3) is 11.0 Å². The van der Waals surface area contributed by atoms with E-state index in [2.05, 4.69) is 4.90 Å². The number of rotatable bonds is 1. The van der Waals surface area contributed by atoms with E-state index >= 15 is 0 Å². The largest absolute Gasteiger partial charge is 0.423 e. The van der Waals surface area contributed by atoms with Crippen molar-refractivity contribution in [2.75, 3.05) is 26.2 Å². The Bertz CT molecular complexity index is 793. The Morgan fingerprint density at radius 1 is 1.09 bits per heavy atom. The summed E-state index contributed by atoms with van der Waals surface area (Å²) >= 11 is 0. The Morgan fingerprint density at radius 3 is 2.74 bits per heavy atom. The van der Waals surface area contributed by atoms with Crippen LogP contribution >= 0.6 is 0 Å². The fourth-order valence-corrected chi connectivity index (χ4v) is 3.40.